The minimum absolute atomic E-state index is 0.240. The van der Waals surface area contributed by atoms with Crippen LogP contribution in [0.2, 0.25) is 0 Å². The Bertz CT molecular complexity index is 615. The molecule has 0 amide bonds. The number of hydrogen-bond donors (Lipinski definition) is 1. The van der Waals surface area contributed by atoms with Crippen molar-refractivity contribution in [3.05, 3.63) is 58.1 Å². The van der Waals surface area contributed by atoms with Crippen molar-refractivity contribution in [2.75, 3.05) is 13.7 Å². The van der Waals surface area contributed by atoms with Crippen molar-refractivity contribution >= 4 is 15.9 Å². The van der Waals surface area contributed by atoms with Crippen LogP contribution in [0.25, 0.3) is 0 Å². The molecule has 0 fully saturated rings. The first kappa shape index (κ1) is 13.5. The van der Waals surface area contributed by atoms with Gasteiger partial charge in [-0.25, -0.2) is 0 Å². The second-order valence-corrected chi connectivity index (χ2v) is 5.59. The van der Waals surface area contributed by atoms with E-state index in [1.54, 1.807) is 7.11 Å². The van der Waals surface area contributed by atoms with Crippen LogP contribution in [0, 0.1) is 0 Å². The summed E-state index contributed by atoms with van der Waals surface area (Å²) < 4.78 is 12.0. The Kier molecular flexibility index (Phi) is 3.94. The van der Waals surface area contributed by atoms with Crippen LogP contribution in [0.4, 0.5) is 0 Å². The Balaban J connectivity index is 1.72. The smallest absolute Gasteiger partial charge is 0.124 e. The quantitative estimate of drug-likeness (QED) is 0.925. The van der Waals surface area contributed by atoms with Gasteiger partial charge in [0.15, 0.2) is 0 Å². The number of para-hydroxylation sites is 1. The number of benzene rings is 2. The standard InChI is InChI=1S/C16H16BrNO2/c1-19-12-6-7-14(17)11(8-12)9-18-15-10-20-16-5-3-2-4-13(15)16/h2-8,15,18H,9-10H2,1H3. The van der Waals surface area contributed by atoms with E-state index in [9.17, 15) is 0 Å². The van der Waals surface area contributed by atoms with Crippen molar-refractivity contribution in [2.24, 2.45) is 0 Å². The normalized spacial score (nSPS) is 16.6. The zero-order valence-electron chi connectivity index (χ0n) is 11.2. The van der Waals surface area contributed by atoms with Gasteiger partial charge in [-0.3, -0.25) is 0 Å². The largest absolute Gasteiger partial charge is 0.497 e. The molecule has 3 rings (SSSR count). The summed E-state index contributed by atoms with van der Waals surface area (Å²) in [5, 5.41) is 3.54. The molecule has 104 valence electrons. The van der Waals surface area contributed by atoms with Crippen LogP contribution in [-0.4, -0.2) is 13.7 Å². The minimum Gasteiger partial charge on any atom is -0.497 e. The molecule has 20 heavy (non-hydrogen) atoms. The molecule has 0 radical (unpaired) electrons. The van der Waals surface area contributed by atoms with Crippen molar-refractivity contribution in [2.45, 2.75) is 12.6 Å². The van der Waals surface area contributed by atoms with E-state index >= 15 is 0 Å². The first-order valence-electron chi connectivity index (χ1n) is 6.55. The zero-order valence-corrected chi connectivity index (χ0v) is 12.8. The van der Waals surface area contributed by atoms with E-state index < -0.39 is 0 Å². The molecule has 0 aromatic heterocycles. The van der Waals surface area contributed by atoms with Gasteiger partial charge in [-0.05, 0) is 29.8 Å². The lowest BCUT2D eigenvalue weighted by molar-refractivity contribution is 0.310. The molecule has 1 heterocycles. The molecule has 0 bridgehead atoms. The molecule has 4 heteroatoms. The number of ether oxygens (including phenoxy) is 2. The van der Waals surface area contributed by atoms with Crippen LogP contribution < -0.4 is 14.8 Å². The van der Waals surface area contributed by atoms with Crippen molar-refractivity contribution in [3.8, 4) is 11.5 Å². The predicted molar refractivity (Wildman–Crippen MR) is 82.2 cm³/mol. The Morgan fingerprint density at radius 1 is 1.30 bits per heavy atom. The van der Waals surface area contributed by atoms with Crippen LogP contribution >= 0.6 is 15.9 Å². The molecule has 1 aliphatic rings. The minimum atomic E-state index is 0.240. The Hall–Kier alpha value is -1.52. The van der Waals surface area contributed by atoms with Crippen molar-refractivity contribution in [3.63, 3.8) is 0 Å². The number of hydrogen-bond acceptors (Lipinski definition) is 3. The Labute approximate surface area is 127 Å². The summed E-state index contributed by atoms with van der Waals surface area (Å²) in [6, 6.07) is 14.4. The predicted octanol–water partition coefficient (Wildman–Crippen LogP) is 3.68. The molecule has 2 aromatic rings. The number of methoxy groups -OCH3 is 1. The fraction of sp³-hybridized carbons (Fsp3) is 0.250. The summed E-state index contributed by atoms with van der Waals surface area (Å²) in [5.74, 6) is 1.85. The van der Waals surface area contributed by atoms with Gasteiger partial charge >= 0.3 is 0 Å². The molecule has 2 aromatic carbocycles. The summed E-state index contributed by atoms with van der Waals surface area (Å²) >= 11 is 3.57. The Morgan fingerprint density at radius 2 is 2.15 bits per heavy atom. The topological polar surface area (TPSA) is 30.5 Å². The van der Waals surface area contributed by atoms with E-state index in [2.05, 4.69) is 27.3 Å². The third-order valence-corrected chi connectivity index (χ3v) is 4.27. The highest BCUT2D eigenvalue weighted by atomic mass is 79.9. The van der Waals surface area contributed by atoms with Crippen LogP contribution in [0.5, 0.6) is 11.5 Å². The lowest BCUT2D eigenvalue weighted by Gasteiger charge is -2.13. The maximum absolute atomic E-state index is 5.68. The first-order valence-corrected chi connectivity index (χ1v) is 7.35. The fourth-order valence-electron chi connectivity index (χ4n) is 2.38. The third-order valence-electron chi connectivity index (χ3n) is 3.49. The van der Waals surface area contributed by atoms with Gasteiger partial charge in [-0.1, -0.05) is 34.1 Å². The number of rotatable bonds is 4. The van der Waals surface area contributed by atoms with Crippen LogP contribution in [0.1, 0.15) is 17.2 Å². The number of fused-ring (bicyclic) bond motifs is 1. The molecule has 1 N–H and O–H groups in total. The molecule has 0 spiro atoms. The highest BCUT2D eigenvalue weighted by Gasteiger charge is 2.22. The van der Waals surface area contributed by atoms with Crippen LogP contribution in [0.3, 0.4) is 0 Å². The maximum atomic E-state index is 5.68. The number of nitrogens with one attached hydrogen (secondary N) is 1. The van der Waals surface area contributed by atoms with Gasteiger partial charge < -0.3 is 14.8 Å². The van der Waals surface area contributed by atoms with Gasteiger partial charge in [-0.2, -0.15) is 0 Å². The summed E-state index contributed by atoms with van der Waals surface area (Å²) in [5.41, 5.74) is 2.40. The average Bonchev–Trinajstić information content (AvgIpc) is 2.90. The lowest BCUT2D eigenvalue weighted by atomic mass is 10.1. The van der Waals surface area contributed by atoms with Crippen LogP contribution in [0.15, 0.2) is 46.9 Å². The van der Waals surface area contributed by atoms with Crippen molar-refractivity contribution < 1.29 is 9.47 Å². The molecule has 0 aliphatic carbocycles. The van der Waals surface area contributed by atoms with Gasteiger partial charge in [-0.15, -0.1) is 0 Å². The van der Waals surface area contributed by atoms with Crippen molar-refractivity contribution in [1.82, 2.24) is 5.32 Å². The first-order chi connectivity index (χ1) is 9.78. The van der Waals surface area contributed by atoms with Gasteiger partial charge in [0.25, 0.3) is 0 Å². The Morgan fingerprint density at radius 3 is 3.00 bits per heavy atom. The molecule has 3 nitrogen and oxygen atoms in total. The summed E-state index contributed by atoms with van der Waals surface area (Å²) in [7, 11) is 1.68. The van der Waals surface area contributed by atoms with E-state index in [1.807, 2.05) is 36.4 Å². The molecule has 1 atom stereocenters. The second kappa shape index (κ2) is 5.85. The summed E-state index contributed by atoms with van der Waals surface area (Å²) in [4.78, 5) is 0. The van der Waals surface area contributed by atoms with E-state index in [0.29, 0.717) is 6.61 Å². The highest BCUT2D eigenvalue weighted by Crippen LogP contribution is 2.32. The zero-order chi connectivity index (χ0) is 13.9. The molecule has 1 aliphatic heterocycles. The SMILES string of the molecule is COc1ccc(Br)c(CNC2COc3ccccc32)c1. The van der Waals surface area contributed by atoms with Gasteiger partial charge in [0.1, 0.15) is 18.1 Å². The fourth-order valence-corrected chi connectivity index (χ4v) is 2.77. The highest BCUT2D eigenvalue weighted by molar-refractivity contribution is 9.10. The van der Waals surface area contributed by atoms with Crippen molar-refractivity contribution in [1.29, 1.82) is 0 Å². The van der Waals surface area contributed by atoms with Gasteiger partial charge in [0.05, 0.1) is 13.2 Å². The molecule has 1 unspecified atom stereocenters. The molecular weight excluding hydrogens is 318 g/mol. The van der Waals surface area contributed by atoms with E-state index in [4.69, 9.17) is 9.47 Å². The van der Waals surface area contributed by atoms with E-state index in [0.717, 1.165) is 22.5 Å². The molecule has 0 saturated heterocycles. The second-order valence-electron chi connectivity index (χ2n) is 4.74. The van der Waals surface area contributed by atoms with Gasteiger partial charge in [0, 0.05) is 16.6 Å². The lowest BCUT2D eigenvalue weighted by Crippen LogP contribution is -2.22. The van der Waals surface area contributed by atoms with E-state index in [1.165, 1.54) is 11.1 Å². The third kappa shape index (κ3) is 2.67. The summed E-state index contributed by atoms with van der Waals surface area (Å²) in [6.45, 7) is 1.45. The average molecular weight is 334 g/mol. The molecular formula is C16H16BrNO2. The maximum Gasteiger partial charge on any atom is 0.124 e. The van der Waals surface area contributed by atoms with Crippen LogP contribution in [-0.2, 0) is 6.54 Å². The monoisotopic (exact) mass is 333 g/mol. The summed E-state index contributed by atoms with van der Waals surface area (Å²) in [6.07, 6.45) is 0. The van der Waals surface area contributed by atoms with Gasteiger partial charge in [0.2, 0.25) is 0 Å². The molecule has 0 saturated carbocycles. The van der Waals surface area contributed by atoms with E-state index in [-0.39, 0.29) is 6.04 Å². The number of halogens is 1.